The Morgan fingerprint density at radius 3 is 3.41 bits per heavy atom. The number of benzene rings is 1. The van der Waals surface area contributed by atoms with Crippen LogP contribution < -0.4 is 9.47 Å². The summed E-state index contributed by atoms with van der Waals surface area (Å²) in [7, 11) is -3.12. The lowest BCUT2D eigenvalue weighted by Gasteiger charge is -2.56. The fraction of sp³-hybridized carbons (Fsp3) is 0.556. The molecule has 4 aliphatic rings. The molecule has 1 aromatic carbocycles. The molecular formula is C18H21NO3. The Morgan fingerprint density at radius 1 is 1.59 bits per heavy atom. The Hall–Kier alpha value is -1.52. The van der Waals surface area contributed by atoms with Crippen LogP contribution in [0.2, 0.25) is 0 Å². The van der Waals surface area contributed by atoms with Crippen LogP contribution in [-0.4, -0.2) is 48.7 Å². The first-order valence-corrected chi connectivity index (χ1v) is 6.94. The van der Waals surface area contributed by atoms with Crippen LogP contribution in [0.25, 0.3) is 0 Å². The lowest BCUT2D eigenvalue weighted by Crippen LogP contribution is -2.64. The number of hydrogen-bond acceptors (Lipinski definition) is 4. The number of aliphatic hydroxyl groups is 1. The number of nitrogens with zero attached hydrogens (tertiary/aromatic N) is 1. The number of methoxy groups -OCH3 is 1. The van der Waals surface area contributed by atoms with Crippen LogP contribution in [0, 0.1) is 5.92 Å². The summed E-state index contributed by atoms with van der Waals surface area (Å²) in [6.45, 7) is -3.41. The van der Waals surface area contributed by atoms with Crippen molar-refractivity contribution in [2.75, 3.05) is 20.6 Å². The maximum Gasteiger partial charge on any atom is 0.165 e. The molecule has 0 radical (unpaired) electrons. The summed E-state index contributed by atoms with van der Waals surface area (Å²) in [5.74, 6) is -2.81. The number of likely N-dealkylation sites (N-methyl/N-ethyl adjacent to an activating group) is 1. The van der Waals surface area contributed by atoms with E-state index in [1.165, 1.54) is 0 Å². The van der Waals surface area contributed by atoms with Crippen molar-refractivity contribution in [3.05, 3.63) is 35.4 Å². The molecule has 4 nitrogen and oxygen atoms in total. The van der Waals surface area contributed by atoms with Gasteiger partial charge in [-0.15, -0.1) is 0 Å². The van der Waals surface area contributed by atoms with Gasteiger partial charge in [0.05, 0.1) is 16.6 Å². The van der Waals surface area contributed by atoms with Crippen molar-refractivity contribution < 1.29 is 32.4 Å². The van der Waals surface area contributed by atoms with Crippen LogP contribution in [0.15, 0.2) is 24.2 Å². The molecule has 1 aromatic rings. The quantitative estimate of drug-likeness (QED) is 0.798. The zero-order valence-electron chi connectivity index (χ0n) is 24.4. The average molecular weight is 312 g/mol. The van der Waals surface area contributed by atoms with Gasteiger partial charge in [0.15, 0.2) is 11.5 Å². The lowest BCUT2D eigenvalue weighted by molar-refractivity contribution is -0.0453. The summed E-state index contributed by atoms with van der Waals surface area (Å²) >= 11 is 0. The monoisotopic (exact) mass is 312 g/mol. The van der Waals surface area contributed by atoms with Crippen molar-refractivity contribution in [2.24, 2.45) is 5.92 Å². The van der Waals surface area contributed by atoms with Gasteiger partial charge in [-0.1, -0.05) is 18.2 Å². The first-order chi connectivity index (χ1) is 15.7. The molecule has 116 valence electrons. The van der Waals surface area contributed by atoms with Gasteiger partial charge in [-0.3, -0.25) is 0 Å². The Balaban J connectivity index is 1.97. The number of hydrogen-bond donors (Lipinski definition) is 1. The van der Waals surface area contributed by atoms with Crippen molar-refractivity contribution in [1.29, 1.82) is 0 Å². The van der Waals surface area contributed by atoms with E-state index in [1.807, 2.05) is 0 Å². The van der Waals surface area contributed by atoms with Gasteiger partial charge in [-0.05, 0) is 37.9 Å². The summed E-state index contributed by atoms with van der Waals surface area (Å²) in [4.78, 5) is 0.659. The van der Waals surface area contributed by atoms with Crippen molar-refractivity contribution in [1.82, 2.24) is 4.90 Å². The van der Waals surface area contributed by atoms with E-state index in [9.17, 15) is 7.85 Å². The van der Waals surface area contributed by atoms with E-state index in [1.54, 1.807) is 0 Å². The minimum atomic E-state index is -3.12. The van der Waals surface area contributed by atoms with Crippen LogP contribution in [0.4, 0.5) is 0 Å². The Kier molecular flexibility index (Phi) is 1.02. The van der Waals surface area contributed by atoms with Crippen LogP contribution in [0.3, 0.4) is 0 Å². The zero-order chi connectivity index (χ0) is 26.4. The predicted molar refractivity (Wildman–Crippen MR) is 82.5 cm³/mol. The van der Waals surface area contributed by atoms with E-state index in [-0.39, 0.29) is 12.0 Å². The third-order valence-corrected chi connectivity index (χ3v) is 4.92. The molecule has 2 unspecified atom stereocenters. The molecular weight excluding hydrogens is 278 g/mol. The normalized spacial score (nSPS) is 63.1. The second kappa shape index (κ2) is 4.06. The second-order valence-electron chi connectivity index (χ2n) is 5.80. The first-order valence-electron chi connectivity index (χ1n) is 13.4. The van der Waals surface area contributed by atoms with Gasteiger partial charge >= 0.3 is 0 Å². The maximum absolute atomic E-state index is 11.0. The molecule has 4 heteroatoms. The van der Waals surface area contributed by atoms with E-state index in [0.717, 1.165) is 12.2 Å². The molecule has 2 aliphatic heterocycles. The molecule has 2 aliphatic carbocycles. The molecule has 1 saturated heterocycles. The van der Waals surface area contributed by atoms with Crippen LogP contribution in [0.5, 0.6) is 11.5 Å². The Bertz CT molecular complexity index is 1180. The highest BCUT2D eigenvalue weighted by Crippen LogP contribution is 2.62. The van der Waals surface area contributed by atoms with Gasteiger partial charge in [0, 0.05) is 31.1 Å². The van der Waals surface area contributed by atoms with E-state index < -0.39 is 85.6 Å². The molecule has 0 aromatic heterocycles. The Morgan fingerprint density at radius 2 is 2.55 bits per heavy atom. The standard InChI is InChI=1S/C18H21NO3/c1-19-8-7-18-11-4-5-13(20)17(18)22-16-14(21-2)6-3-10(15(16)18)9-12(11)19/h3-6,11-13,17,20H,7-9H2,1-2H3/t11-,12+,13?,17?,18-/m0/s1/i1D3,2D3,3D,6D,9D2,12D,13D,17D. The average Bonchev–Trinajstić information content (AvgIpc) is 2.93. The molecule has 2 bridgehead atoms. The third kappa shape index (κ3) is 1.28. The molecule has 5 atom stereocenters. The SMILES string of the molecule is [2H]c1c([2H])c2c3c(c1OC([2H])([2H])[2H])OC1([2H])C([2H])(O)C=C[C@@H]4[C@@]31CCN(C([2H])([2H])[2H])[C@]4([2H])C2([2H])[2H]. The Labute approximate surface area is 148 Å². The van der Waals surface area contributed by atoms with E-state index >= 15 is 0 Å². The van der Waals surface area contributed by atoms with Crippen molar-refractivity contribution in [3.8, 4) is 11.5 Å². The van der Waals surface area contributed by atoms with Crippen LogP contribution in [-0.2, 0) is 11.8 Å². The van der Waals surface area contributed by atoms with E-state index in [2.05, 4.69) is 0 Å². The maximum atomic E-state index is 11.0. The highest BCUT2D eigenvalue weighted by Gasteiger charge is 2.64. The molecule has 22 heavy (non-hydrogen) atoms. The third-order valence-electron chi connectivity index (χ3n) is 4.92. The molecule has 0 saturated carbocycles. The fourth-order valence-corrected chi connectivity index (χ4v) is 4.03. The van der Waals surface area contributed by atoms with Crippen LogP contribution in [0.1, 0.15) is 35.4 Å². The summed E-state index contributed by atoms with van der Waals surface area (Å²) < 4.78 is 119. The van der Waals surface area contributed by atoms with E-state index in [0.29, 0.717) is 4.90 Å². The predicted octanol–water partition coefficient (Wildman–Crippen LogP) is 1.50. The van der Waals surface area contributed by atoms with Gasteiger partial charge in [0.2, 0.25) is 0 Å². The van der Waals surface area contributed by atoms with Gasteiger partial charge in [0.1, 0.15) is 12.2 Å². The number of rotatable bonds is 1. The van der Waals surface area contributed by atoms with E-state index in [4.69, 9.17) is 24.6 Å². The molecule has 1 spiro atoms. The van der Waals surface area contributed by atoms with Gasteiger partial charge in [0.25, 0.3) is 0 Å². The largest absolute Gasteiger partial charge is 0.493 e. The summed E-state index contributed by atoms with van der Waals surface area (Å²) in [6.07, 6.45) is -6.78. The summed E-state index contributed by atoms with van der Waals surface area (Å²) in [6, 6.07) is -4.42. The molecule has 1 fully saturated rings. The zero-order valence-corrected chi connectivity index (χ0v) is 11.4. The smallest absolute Gasteiger partial charge is 0.165 e. The molecule has 2 heterocycles. The summed E-state index contributed by atoms with van der Waals surface area (Å²) in [5.41, 5.74) is -2.78. The van der Waals surface area contributed by atoms with Crippen molar-refractivity contribution in [2.45, 2.75) is 36.4 Å². The minimum absolute atomic E-state index is 0.245. The van der Waals surface area contributed by atoms with Gasteiger partial charge in [-0.2, -0.15) is 0 Å². The molecule has 5 rings (SSSR count). The number of likely N-dealkylation sites (tertiary alicyclic amines) is 1. The fourth-order valence-electron chi connectivity index (χ4n) is 4.03. The highest BCUT2D eigenvalue weighted by molar-refractivity contribution is 5.62. The second-order valence-corrected chi connectivity index (χ2v) is 5.80. The number of piperidine rings is 1. The van der Waals surface area contributed by atoms with Gasteiger partial charge < -0.3 is 19.5 Å². The lowest BCUT2D eigenvalue weighted by atomic mass is 9.53. The topological polar surface area (TPSA) is 41.9 Å². The molecule has 1 N–H and O–H groups in total. The molecule has 0 amide bonds. The highest BCUT2D eigenvalue weighted by atomic mass is 16.5. The van der Waals surface area contributed by atoms with Gasteiger partial charge in [-0.25, -0.2) is 0 Å². The van der Waals surface area contributed by atoms with Crippen molar-refractivity contribution >= 4 is 0 Å². The summed E-state index contributed by atoms with van der Waals surface area (Å²) in [5, 5.41) is 11.0. The number of ether oxygens (including phenoxy) is 2. The first kappa shape index (κ1) is 5.53. The van der Waals surface area contributed by atoms with Crippen LogP contribution >= 0.6 is 0 Å². The van der Waals surface area contributed by atoms with Crippen molar-refractivity contribution in [3.63, 3.8) is 0 Å². The minimum Gasteiger partial charge on any atom is -0.493 e.